The van der Waals surface area contributed by atoms with Gasteiger partial charge in [0.25, 0.3) is 5.91 Å². The van der Waals surface area contributed by atoms with Crippen molar-refractivity contribution in [2.45, 2.75) is 58.5 Å². The van der Waals surface area contributed by atoms with Gasteiger partial charge in [0.15, 0.2) is 0 Å². The van der Waals surface area contributed by atoms with E-state index in [0.29, 0.717) is 23.0 Å². The van der Waals surface area contributed by atoms with Crippen LogP contribution >= 0.6 is 0 Å². The Morgan fingerprint density at radius 2 is 1.78 bits per heavy atom. The summed E-state index contributed by atoms with van der Waals surface area (Å²) in [7, 11) is 1.59. The van der Waals surface area contributed by atoms with Crippen LogP contribution in [0.2, 0.25) is 0 Å². The lowest BCUT2D eigenvalue weighted by Crippen LogP contribution is -2.29. The summed E-state index contributed by atoms with van der Waals surface area (Å²) in [5, 5.41) is 8.87. The summed E-state index contributed by atoms with van der Waals surface area (Å²) in [6.07, 6.45) is 5.34. The van der Waals surface area contributed by atoms with Crippen LogP contribution in [-0.2, 0) is 4.79 Å². The Balaban J connectivity index is 1.57. The highest BCUT2D eigenvalue weighted by molar-refractivity contribution is 5.94. The first-order valence-corrected chi connectivity index (χ1v) is 12.8. The molecule has 1 aliphatic rings. The van der Waals surface area contributed by atoms with E-state index in [0.717, 1.165) is 48.1 Å². The van der Waals surface area contributed by atoms with Crippen LogP contribution in [0.25, 0.3) is 11.3 Å². The smallest absolute Gasteiger partial charge is 0.305 e. The molecule has 0 saturated heterocycles. The molecular weight excluding hydrogens is 473 g/mol. The third-order valence-corrected chi connectivity index (χ3v) is 7.17. The summed E-state index contributed by atoms with van der Waals surface area (Å²) in [6, 6.07) is 13.7. The number of carboxylic acid groups (broad SMARTS) is 1. The maximum Gasteiger partial charge on any atom is 0.305 e. The molecule has 4 rings (SSSR count). The minimum Gasteiger partial charge on any atom is -0.485 e. The predicted octanol–water partition coefficient (Wildman–Crippen LogP) is 6.95. The molecule has 2 aromatic carbocycles. The third-order valence-electron chi connectivity index (χ3n) is 7.17. The molecular formula is C30H34FNO5. The lowest BCUT2D eigenvalue weighted by atomic mass is 9.82. The van der Waals surface area contributed by atoms with E-state index in [9.17, 15) is 14.0 Å². The standard InChI is InChI=1S/C30H34FNO5/c1-19-17-23(31)11-14-25(19)27-18-26(20(2)36-27)29(21-7-5-4-6-8-21)37-24-12-9-22(10-13-24)30(35)32(3)16-15-28(33)34/h9-14,17-18,21,29H,4-8,15-16H2,1-3H3,(H,33,34). The van der Waals surface area contributed by atoms with Crippen LogP contribution in [0, 0.1) is 25.6 Å². The third kappa shape index (κ3) is 6.40. The van der Waals surface area contributed by atoms with Gasteiger partial charge in [-0.1, -0.05) is 19.3 Å². The molecule has 37 heavy (non-hydrogen) atoms. The number of carboxylic acids is 1. The quantitative estimate of drug-likeness (QED) is 0.339. The molecule has 0 radical (unpaired) electrons. The number of nitrogens with zero attached hydrogens (tertiary/aromatic N) is 1. The van der Waals surface area contributed by atoms with Crippen molar-refractivity contribution in [1.82, 2.24) is 4.90 Å². The van der Waals surface area contributed by atoms with Crippen LogP contribution in [0.3, 0.4) is 0 Å². The Morgan fingerprint density at radius 1 is 1.08 bits per heavy atom. The number of furan rings is 1. The fraction of sp³-hybridized carbons (Fsp3) is 0.400. The molecule has 0 spiro atoms. The molecule has 196 valence electrons. The number of carbonyl (C=O) groups excluding carboxylic acids is 1. The molecule has 7 heteroatoms. The number of rotatable bonds is 9. The van der Waals surface area contributed by atoms with Crippen molar-refractivity contribution in [2.24, 2.45) is 5.92 Å². The number of hydrogen-bond donors (Lipinski definition) is 1. The van der Waals surface area contributed by atoms with Gasteiger partial charge in [0.05, 0.1) is 6.42 Å². The minimum atomic E-state index is -0.940. The summed E-state index contributed by atoms with van der Waals surface area (Å²) < 4.78 is 26.4. The second-order valence-electron chi connectivity index (χ2n) is 9.91. The second-order valence-corrected chi connectivity index (χ2v) is 9.91. The van der Waals surface area contributed by atoms with E-state index in [2.05, 4.69) is 0 Å². The van der Waals surface area contributed by atoms with Crippen molar-refractivity contribution in [3.05, 3.63) is 76.8 Å². The van der Waals surface area contributed by atoms with E-state index in [1.54, 1.807) is 37.4 Å². The molecule has 1 heterocycles. The SMILES string of the molecule is Cc1cc(F)ccc1-c1cc(C(Oc2ccc(C(=O)N(C)CCC(=O)O)cc2)C2CCCCC2)c(C)o1. The Hall–Kier alpha value is -3.61. The molecule has 0 bridgehead atoms. The maximum atomic E-state index is 13.7. The van der Waals surface area contributed by atoms with Gasteiger partial charge in [0, 0.05) is 36.2 Å². The number of benzene rings is 2. The lowest BCUT2D eigenvalue weighted by Gasteiger charge is -2.30. The number of carbonyl (C=O) groups is 2. The average molecular weight is 508 g/mol. The zero-order valence-electron chi connectivity index (χ0n) is 21.6. The molecule has 1 aliphatic carbocycles. The number of hydrogen-bond acceptors (Lipinski definition) is 4. The molecule has 1 unspecified atom stereocenters. The molecule has 1 fully saturated rings. The van der Waals surface area contributed by atoms with E-state index < -0.39 is 5.97 Å². The van der Waals surface area contributed by atoms with E-state index in [-0.39, 0.29) is 30.8 Å². The molecule has 1 N–H and O–H groups in total. The highest BCUT2D eigenvalue weighted by Crippen LogP contribution is 2.41. The first kappa shape index (κ1) is 26.5. The van der Waals surface area contributed by atoms with Gasteiger partial charge in [-0.3, -0.25) is 9.59 Å². The molecule has 0 aliphatic heterocycles. The Labute approximate surface area is 217 Å². The summed E-state index contributed by atoms with van der Waals surface area (Å²) in [6.45, 7) is 3.95. The van der Waals surface area contributed by atoms with Crippen LogP contribution in [0.4, 0.5) is 4.39 Å². The van der Waals surface area contributed by atoms with Gasteiger partial charge in [-0.25, -0.2) is 4.39 Å². The maximum absolute atomic E-state index is 13.7. The lowest BCUT2D eigenvalue weighted by molar-refractivity contribution is -0.137. The van der Waals surface area contributed by atoms with Crippen molar-refractivity contribution < 1.29 is 28.2 Å². The van der Waals surface area contributed by atoms with E-state index in [1.807, 2.05) is 19.9 Å². The summed E-state index contributed by atoms with van der Waals surface area (Å²) in [4.78, 5) is 24.9. The summed E-state index contributed by atoms with van der Waals surface area (Å²) >= 11 is 0. The minimum absolute atomic E-state index is 0.101. The van der Waals surface area contributed by atoms with E-state index in [4.69, 9.17) is 14.3 Å². The van der Waals surface area contributed by atoms with Gasteiger partial charge in [-0.05, 0) is 80.8 Å². The highest BCUT2D eigenvalue weighted by atomic mass is 19.1. The molecule has 1 saturated carbocycles. The van der Waals surface area contributed by atoms with Gasteiger partial charge in [-0.2, -0.15) is 0 Å². The number of aryl methyl sites for hydroxylation is 2. The molecule has 1 amide bonds. The van der Waals surface area contributed by atoms with Gasteiger partial charge < -0.3 is 19.2 Å². The fourth-order valence-corrected chi connectivity index (χ4v) is 5.07. The number of amides is 1. The van der Waals surface area contributed by atoms with Crippen molar-refractivity contribution in [3.8, 4) is 17.1 Å². The first-order valence-electron chi connectivity index (χ1n) is 12.8. The number of aliphatic carboxylic acids is 1. The first-order chi connectivity index (χ1) is 17.7. The second kappa shape index (κ2) is 11.6. The van der Waals surface area contributed by atoms with Gasteiger partial charge >= 0.3 is 5.97 Å². The average Bonchev–Trinajstić information content (AvgIpc) is 3.27. The summed E-state index contributed by atoms with van der Waals surface area (Å²) in [5.41, 5.74) is 3.12. The zero-order valence-corrected chi connectivity index (χ0v) is 21.6. The molecule has 6 nitrogen and oxygen atoms in total. The molecule has 1 atom stereocenters. The number of halogens is 1. The Morgan fingerprint density at radius 3 is 2.43 bits per heavy atom. The van der Waals surface area contributed by atoms with Crippen LogP contribution in [0.15, 0.2) is 52.9 Å². The normalized spacial score (nSPS) is 14.8. The molecule has 1 aromatic heterocycles. The van der Waals surface area contributed by atoms with Gasteiger partial charge in [0.1, 0.15) is 29.2 Å². The van der Waals surface area contributed by atoms with Crippen LogP contribution in [-0.4, -0.2) is 35.5 Å². The Kier molecular flexibility index (Phi) is 8.31. The highest BCUT2D eigenvalue weighted by Gasteiger charge is 2.30. The van der Waals surface area contributed by atoms with E-state index in [1.165, 1.54) is 23.5 Å². The number of ether oxygens (including phenoxy) is 1. The topological polar surface area (TPSA) is 80.0 Å². The van der Waals surface area contributed by atoms with Crippen LogP contribution < -0.4 is 4.74 Å². The van der Waals surface area contributed by atoms with Gasteiger partial charge in [-0.15, -0.1) is 0 Å². The van der Waals surface area contributed by atoms with Crippen molar-refractivity contribution >= 4 is 11.9 Å². The largest absolute Gasteiger partial charge is 0.485 e. The van der Waals surface area contributed by atoms with Gasteiger partial charge in [0.2, 0.25) is 0 Å². The Bertz CT molecular complexity index is 1240. The fourth-order valence-electron chi connectivity index (χ4n) is 5.07. The van der Waals surface area contributed by atoms with Crippen molar-refractivity contribution in [3.63, 3.8) is 0 Å². The zero-order chi connectivity index (χ0) is 26.5. The molecule has 3 aromatic rings. The summed E-state index contributed by atoms with van der Waals surface area (Å²) in [5.74, 6) is 1.01. The predicted molar refractivity (Wildman–Crippen MR) is 139 cm³/mol. The van der Waals surface area contributed by atoms with Crippen molar-refractivity contribution in [2.75, 3.05) is 13.6 Å². The van der Waals surface area contributed by atoms with Crippen LogP contribution in [0.5, 0.6) is 5.75 Å². The van der Waals surface area contributed by atoms with E-state index >= 15 is 0 Å². The van der Waals surface area contributed by atoms with Crippen LogP contribution in [0.1, 0.15) is 71.9 Å². The monoisotopic (exact) mass is 507 g/mol. The van der Waals surface area contributed by atoms with Crippen molar-refractivity contribution in [1.29, 1.82) is 0 Å².